The molecule has 3 rings (SSSR count). The first kappa shape index (κ1) is 8.98. The maximum absolute atomic E-state index is 11.5. The van der Waals surface area contributed by atoms with Crippen LogP contribution >= 0.6 is 10.9 Å². The van der Waals surface area contributed by atoms with E-state index in [0.29, 0.717) is 12.2 Å². The van der Waals surface area contributed by atoms with Gasteiger partial charge in [-0.1, -0.05) is 18.2 Å². The van der Waals surface area contributed by atoms with Gasteiger partial charge in [0.1, 0.15) is 0 Å². The Morgan fingerprint density at radius 2 is 1.87 bits per heavy atom. The maximum atomic E-state index is 11.5. The number of Topliss-reactive ketones (excluding diaryl/α,β-unsaturated/α-hetero) is 1. The Labute approximate surface area is 91.8 Å². The number of rotatable bonds is 1. The monoisotopic (exact) mass is 216 g/mol. The van der Waals surface area contributed by atoms with E-state index >= 15 is 0 Å². The topological polar surface area (TPSA) is 17.1 Å². The third-order valence-electron chi connectivity index (χ3n) is 2.91. The summed E-state index contributed by atoms with van der Waals surface area (Å²) in [5.41, 5.74) is 2.19. The molecule has 76 valence electrons. The van der Waals surface area contributed by atoms with Gasteiger partial charge in [-0.15, -0.1) is 0 Å². The number of hydrogen-bond acceptors (Lipinski definition) is 1. The van der Waals surface area contributed by atoms with E-state index in [4.69, 9.17) is 0 Å². The van der Waals surface area contributed by atoms with Gasteiger partial charge in [-0.2, -0.15) is 10.9 Å². The van der Waals surface area contributed by atoms with Crippen LogP contribution in [0, 0.1) is 0 Å². The summed E-state index contributed by atoms with van der Waals surface area (Å²) >= 11 is 0. The molecule has 2 aliphatic rings. The van der Waals surface area contributed by atoms with Gasteiger partial charge in [0.2, 0.25) is 0 Å². The predicted molar refractivity (Wildman–Crippen MR) is 64.6 cm³/mol. The van der Waals surface area contributed by atoms with Gasteiger partial charge in [-0.3, -0.25) is 4.79 Å². The Kier molecular flexibility index (Phi) is 2.03. The van der Waals surface area contributed by atoms with Crippen LogP contribution in [0.4, 0.5) is 0 Å². The molecule has 0 fully saturated rings. The number of benzene rings is 1. The normalized spacial score (nSPS) is 20.0. The second kappa shape index (κ2) is 3.38. The van der Waals surface area contributed by atoms with Crippen molar-refractivity contribution >= 4 is 16.7 Å². The minimum Gasteiger partial charge on any atom is -0.294 e. The van der Waals surface area contributed by atoms with Crippen LogP contribution in [-0.2, 0) is 6.42 Å². The molecule has 15 heavy (non-hydrogen) atoms. The molecule has 1 aliphatic carbocycles. The Bertz CT molecular complexity index is 473. The molecule has 0 aromatic heterocycles. The van der Waals surface area contributed by atoms with Gasteiger partial charge in [0.15, 0.2) is 5.78 Å². The second-order valence-corrected chi connectivity index (χ2v) is 5.78. The molecule has 0 unspecified atom stereocenters. The van der Waals surface area contributed by atoms with E-state index in [9.17, 15) is 4.79 Å². The van der Waals surface area contributed by atoms with Crippen molar-refractivity contribution in [3.63, 3.8) is 0 Å². The van der Waals surface area contributed by atoms with E-state index < -0.39 is 0 Å². The summed E-state index contributed by atoms with van der Waals surface area (Å²) in [5.74, 6) is 0.307. The smallest absolute Gasteiger partial charge is 0.163 e. The van der Waals surface area contributed by atoms with E-state index in [1.54, 1.807) is 0 Å². The van der Waals surface area contributed by atoms with Gasteiger partial charge in [-0.25, -0.2) is 0 Å². The maximum Gasteiger partial charge on any atom is 0.163 e. The molecule has 0 radical (unpaired) electrons. The summed E-state index contributed by atoms with van der Waals surface area (Å²) in [6.45, 7) is 0. The molecule has 0 saturated carbocycles. The SMILES string of the molecule is O=C1CCc2cc([SH]3C=CC=C3)ccc21. The zero-order valence-corrected chi connectivity index (χ0v) is 9.21. The fourth-order valence-electron chi connectivity index (χ4n) is 2.11. The van der Waals surface area contributed by atoms with Crippen molar-refractivity contribution < 1.29 is 4.79 Å². The molecule has 1 heterocycles. The highest BCUT2D eigenvalue weighted by Crippen LogP contribution is 2.43. The average Bonchev–Trinajstić information content (AvgIpc) is 2.88. The van der Waals surface area contributed by atoms with Gasteiger partial charge in [0.25, 0.3) is 0 Å². The van der Waals surface area contributed by atoms with Crippen LogP contribution in [0.1, 0.15) is 22.3 Å². The third kappa shape index (κ3) is 1.45. The molecule has 0 spiro atoms. The molecule has 2 heteroatoms. The van der Waals surface area contributed by atoms with Crippen molar-refractivity contribution in [3.05, 3.63) is 52.3 Å². The van der Waals surface area contributed by atoms with Crippen LogP contribution in [-0.4, -0.2) is 5.78 Å². The van der Waals surface area contributed by atoms with Gasteiger partial charge in [0, 0.05) is 12.0 Å². The van der Waals surface area contributed by atoms with Gasteiger partial charge in [0.05, 0.1) is 0 Å². The lowest BCUT2D eigenvalue weighted by molar-refractivity contribution is 0.0994. The summed E-state index contributed by atoms with van der Waals surface area (Å²) in [7, 11) is -0.233. The molecular formula is C13H12OS. The Hall–Kier alpha value is -1.28. The molecule has 1 aromatic carbocycles. The Morgan fingerprint density at radius 1 is 1.07 bits per heavy atom. The molecular weight excluding hydrogens is 204 g/mol. The largest absolute Gasteiger partial charge is 0.294 e. The highest BCUT2D eigenvalue weighted by Gasteiger charge is 2.19. The summed E-state index contributed by atoms with van der Waals surface area (Å²) in [6, 6.07) is 6.32. The molecule has 0 amide bonds. The number of allylic oxidation sites excluding steroid dienone is 2. The molecule has 0 atom stereocenters. The van der Waals surface area contributed by atoms with Gasteiger partial charge in [-0.05, 0) is 39.8 Å². The Morgan fingerprint density at radius 3 is 2.67 bits per heavy atom. The summed E-state index contributed by atoms with van der Waals surface area (Å²) in [4.78, 5) is 12.8. The number of carbonyl (C=O) groups excluding carboxylic acids is 1. The first-order valence-electron chi connectivity index (χ1n) is 5.14. The lowest BCUT2D eigenvalue weighted by Crippen LogP contribution is -1.90. The van der Waals surface area contributed by atoms with Crippen molar-refractivity contribution in [2.75, 3.05) is 0 Å². The molecule has 0 bridgehead atoms. The van der Waals surface area contributed by atoms with Crippen LogP contribution in [0.15, 0.2) is 46.1 Å². The van der Waals surface area contributed by atoms with Crippen LogP contribution in [0.3, 0.4) is 0 Å². The minimum absolute atomic E-state index is 0.233. The number of thiol groups is 1. The number of fused-ring (bicyclic) bond motifs is 1. The van der Waals surface area contributed by atoms with E-state index in [0.717, 1.165) is 12.0 Å². The van der Waals surface area contributed by atoms with Crippen molar-refractivity contribution in [2.45, 2.75) is 17.7 Å². The van der Waals surface area contributed by atoms with Crippen molar-refractivity contribution in [2.24, 2.45) is 0 Å². The summed E-state index contributed by atoms with van der Waals surface area (Å²) in [6.07, 6.45) is 5.83. The number of hydrogen-bond donors (Lipinski definition) is 1. The first-order valence-corrected chi connectivity index (χ1v) is 6.62. The minimum atomic E-state index is -0.233. The highest BCUT2D eigenvalue weighted by atomic mass is 32.2. The summed E-state index contributed by atoms with van der Waals surface area (Å²) in [5, 5.41) is 4.49. The van der Waals surface area contributed by atoms with E-state index in [-0.39, 0.29) is 10.9 Å². The molecule has 1 aliphatic heterocycles. The second-order valence-electron chi connectivity index (χ2n) is 3.85. The molecule has 1 aromatic rings. The zero-order valence-electron chi connectivity index (χ0n) is 8.31. The Balaban J connectivity index is 2.03. The van der Waals surface area contributed by atoms with Gasteiger partial charge >= 0.3 is 0 Å². The zero-order chi connectivity index (χ0) is 10.3. The highest BCUT2D eigenvalue weighted by molar-refractivity contribution is 8.22. The number of carbonyl (C=O) groups is 1. The molecule has 0 saturated heterocycles. The average molecular weight is 216 g/mol. The van der Waals surface area contributed by atoms with E-state index in [2.05, 4.69) is 35.1 Å². The molecule has 0 N–H and O–H groups in total. The van der Waals surface area contributed by atoms with Crippen LogP contribution in [0.2, 0.25) is 0 Å². The van der Waals surface area contributed by atoms with Crippen molar-refractivity contribution in [1.82, 2.24) is 0 Å². The summed E-state index contributed by atoms with van der Waals surface area (Å²) < 4.78 is 0. The quantitative estimate of drug-likeness (QED) is 0.713. The third-order valence-corrected chi connectivity index (χ3v) is 4.77. The number of aryl methyl sites for hydroxylation is 1. The fraction of sp³-hybridized carbons (Fsp3) is 0.154. The van der Waals surface area contributed by atoms with Crippen LogP contribution in [0.25, 0.3) is 0 Å². The first-order chi connectivity index (χ1) is 7.34. The standard InChI is InChI=1S/C13H12OS/c14-13-6-3-10-9-11(4-5-12(10)13)15-7-1-2-8-15/h1-2,4-5,7-9,15H,3,6H2. The van der Waals surface area contributed by atoms with E-state index in [1.165, 1.54) is 10.5 Å². The van der Waals surface area contributed by atoms with Crippen LogP contribution < -0.4 is 0 Å². The van der Waals surface area contributed by atoms with Crippen molar-refractivity contribution in [1.29, 1.82) is 0 Å². The van der Waals surface area contributed by atoms with Crippen molar-refractivity contribution in [3.8, 4) is 0 Å². The lowest BCUT2D eigenvalue weighted by atomic mass is 10.1. The van der Waals surface area contributed by atoms with E-state index in [1.807, 2.05) is 6.07 Å². The molecule has 1 nitrogen and oxygen atoms in total. The predicted octanol–water partition coefficient (Wildman–Crippen LogP) is 3.22. The lowest BCUT2D eigenvalue weighted by Gasteiger charge is -2.11. The van der Waals surface area contributed by atoms with Gasteiger partial charge < -0.3 is 0 Å². The number of ketones is 1. The van der Waals surface area contributed by atoms with Crippen LogP contribution in [0.5, 0.6) is 0 Å². The fourth-order valence-corrected chi connectivity index (χ4v) is 3.67.